The fraction of sp³-hybridized carbons (Fsp3) is 0.393. The van der Waals surface area contributed by atoms with Crippen LogP contribution in [0.5, 0.6) is 23.1 Å². The number of carbonyl (C=O) groups is 1. The predicted molar refractivity (Wildman–Crippen MR) is 147 cm³/mol. The number of carbonyl (C=O) groups excluding carboxylic acids is 1. The summed E-state index contributed by atoms with van der Waals surface area (Å²) in [5.74, 6) is 2.09. The Morgan fingerprint density at radius 1 is 1.05 bits per heavy atom. The van der Waals surface area contributed by atoms with Crippen molar-refractivity contribution < 1.29 is 28.3 Å². The summed E-state index contributed by atoms with van der Waals surface area (Å²) in [6, 6.07) is 13.9. The normalized spacial score (nSPS) is 15.9. The molecule has 2 heterocycles. The lowest BCUT2D eigenvalue weighted by Crippen LogP contribution is -2.42. The number of anilines is 1. The van der Waals surface area contributed by atoms with Crippen LogP contribution < -0.4 is 19.5 Å². The van der Waals surface area contributed by atoms with Crippen molar-refractivity contribution in [2.24, 2.45) is 0 Å². The lowest BCUT2D eigenvalue weighted by Gasteiger charge is -2.29. The Kier molecular flexibility index (Phi) is 9.03. The minimum absolute atomic E-state index is 0.0678. The molecule has 1 amide bonds. The molecule has 1 aliphatic heterocycles. The van der Waals surface area contributed by atoms with Crippen LogP contribution in [0, 0.1) is 0 Å². The standard InChI is InChI=1S/C28H34N4O6S/c1-28(2,3)38-27(33)32-16-6-7-19(32)17-29-24-18-30-26(39(34)23-14-12-21(36-5)13-15-23)31-25(24)37-22-10-8-20(35-4)9-11-22/h8-15,18-19,29H,6-7,16-17H2,1-5H3. The van der Waals surface area contributed by atoms with E-state index in [-0.39, 0.29) is 23.2 Å². The molecule has 0 radical (unpaired) electrons. The Hall–Kier alpha value is -3.70. The second-order valence-corrected chi connectivity index (χ2v) is 11.3. The maximum Gasteiger partial charge on any atom is 0.410 e. The molecule has 2 aromatic carbocycles. The van der Waals surface area contributed by atoms with E-state index in [1.807, 2.05) is 20.8 Å². The van der Waals surface area contributed by atoms with Gasteiger partial charge >= 0.3 is 11.2 Å². The monoisotopic (exact) mass is 554 g/mol. The number of hydrogen-bond acceptors (Lipinski definition) is 9. The van der Waals surface area contributed by atoms with Gasteiger partial charge in [-0.3, -0.25) is 0 Å². The van der Waals surface area contributed by atoms with E-state index in [2.05, 4.69) is 15.3 Å². The highest BCUT2D eigenvalue weighted by atomic mass is 32.2. The summed E-state index contributed by atoms with van der Waals surface area (Å²) in [5.41, 5.74) is -0.0578. The van der Waals surface area contributed by atoms with Crippen LogP contribution in [0.25, 0.3) is 0 Å². The Balaban J connectivity index is 1.56. The SMILES string of the molecule is COc1ccc(Oc2nc([S+]([O-])c3ccc(OC)cc3)ncc2NCC2CCCN2C(=O)OC(C)(C)C)cc1. The molecule has 0 aliphatic carbocycles. The fourth-order valence-corrected chi connectivity index (χ4v) is 4.94. The number of aromatic nitrogens is 2. The smallest absolute Gasteiger partial charge is 0.410 e. The van der Waals surface area contributed by atoms with Gasteiger partial charge in [0.15, 0.2) is 4.90 Å². The minimum Gasteiger partial charge on any atom is -0.604 e. The number of ether oxygens (including phenoxy) is 4. The second-order valence-electron chi connectivity index (χ2n) is 9.94. The van der Waals surface area contributed by atoms with Gasteiger partial charge in [-0.2, -0.15) is 4.98 Å². The Bertz CT molecular complexity index is 1250. The topological polar surface area (TPSA) is 118 Å². The van der Waals surface area contributed by atoms with Crippen molar-refractivity contribution in [3.63, 3.8) is 0 Å². The van der Waals surface area contributed by atoms with Crippen LogP contribution in [0.1, 0.15) is 33.6 Å². The zero-order valence-electron chi connectivity index (χ0n) is 22.8. The van der Waals surface area contributed by atoms with E-state index in [0.29, 0.717) is 40.9 Å². The third-order valence-electron chi connectivity index (χ3n) is 5.98. The average Bonchev–Trinajstić information content (AvgIpc) is 3.40. The van der Waals surface area contributed by atoms with Crippen LogP contribution in [0.2, 0.25) is 0 Å². The molecule has 3 aromatic rings. The van der Waals surface area contributed by atoms with E-state index >= 15 is 0 Å². The van der Waals surface area contributed by atoms with Gasteiger partial charge in [-0.05, 0) is 82.1 Å². The molecule has 0 spiro atoms. The molecule has 1 aliphatic rings. The molecule has 1 saturated heterocycles. The number of benzene rings is 2. The van der Waals surface area contributed by atoms with Gasteiger partial charge < -0.3 is 33.7 Å². The van der Waals surface area contributed by atoms with Gasteiger partial charge in [-0.1, -0.05) is 0 Å². The summed E-state index contributed by atoms with van der Waals surface area (Å²) in [5, 5.41) is 3.43. The van der Waals surface area contributed by atoms with Gasteiger partial charge in [0.1, 0.15) is 28.5 Å². The Morgan fingerprint density at radius 3 is 2.28 bits per heavy atom. The van der Waals surface area contributed by atoms with Crippen LogP contribution >= 0.6 is 0 Å². The summed E-state index contributed by atoms with van der Waals surface area (Å²) in [4.78, 5) is 23.9. The molecular formula is C28H34N4O6S. The van der Waals surface area contributed by atoms with Crippen LogP contribution in [-0.4, -0.2) is 64.5 Å². The number of methoxy groups -OCH3 is 2. The molecule has 1 N–H and O–H groups in total. The molecular weight excluding hydrogens is 520 g/mol. The fourth-order valence-electron chi connectivity index (χ4n) is 4.04. The molecule has 2 atom stereocenters. The molecule has 11 heteroatoms. The van der Waals surface area contributed by atoms with Crippen molar-refractivity contribution in [1.82, 2.24) is 14.9 Å². The summed E-state index contributed by atoms with van der Waals surface area (Å²) >= 11 is -1.64. The van der Waals surface area contributed by atoms with Crippen molar-refractivity contribution in [3.8, 4) is 23.1 Å². The van der Waals surface area contributed by atoms with Gasteiger partial charge in [-0.15, -0.1) is 4.98 Å². The summed E-state index contributed by atoms with van der Waals surface area (Å²) in [7, 11) is 3.16. The average molecular weight is 555 g/mol. The third kappa shape index (κ3) is 7.45. The number of amides is 1. The molecule has 39 heavy (non-hydrogen) atoms. The molecule has 10 nitrogen and oxygen atoms in total. The molecule has 0 saturated carbocycles. The van der Waals surface area contributed by atoms with Gasteiger partial charge in [0, 0.05) is 13.1 Å². The van der Waals surface area contributed by atoms with Crippen LogP contribution in [-0.2, 0) is 15.9 Å². The van der Waals surface area contributed by atoms with Gasteiger partial charge in [0.25, 0.3) is 0 Å². The number of rotatable bonds is 9. The zero-order chi connectivity index (χ0) is 28.0. The quantitative estimate of drug-likeness (QED) is 0.279. The molecule has 0 bridgehead atoms. The molecule has 4 rings (SSSR count). The highest BCUT2D eigenvalue weighted by molar-refractivity contribution is 7.91. The van der Waals surface area contributed by atoms with Crippen molar-refractivity contribution in [2.45, 2.75) is 55.3 Å². The number of hydrogen-bond donors (Lipinski definition) is 1. The van der Waals surface area contributed by atoms with Crippen LogP contribution in [0.3, 0.4) is 0 Å². The summed E-state index contributed by atoms with van der Waals surface area (Å²) in [6.45, 7) is 6.64. The van der Waals surface area contributed by atoms with E-state index in [0.717, 1.165) is 12.8 Å². The number of nitrogens with zero attached hydrogens (tertiary/aromatic N) is 3. The van der Waals surface area contributed by atoms with Crippen LogP contribution in [0.4, 0.5) is 10.5 Å². The van der Waals surface area contributed by atoms with Gasteiger partial charge in [0.05, 0.1) is 37.6 Å². The van der Waals surface area contributed by atoms with E-state index < -0.39 is 16.8 Å². The molecule has 2 unspecified atom stereocenters. The largest absolute Gasteiger partial charge is 0.604 e. The lowest BCUT2D eigenvalue weighted by molar-refractivity contribution is 0.0235. The first-order chi connectivity index (χ1) is 18.7. The lowest BCUT2D eigenvalue weighted by atomic mass is 10.2. The first-order valence-electron chi connectivity index (χ1n) is 12.6. The van der Waals surface area contributed by atoms with Crippen molar-refractivity contribution in [1.29, 1.82) is 0 Å². The summed E-state index contributed by atoms with van der Waals surface area (Å²) < 4.78 is 35.3. The zero-order valence-corrected chi connectivity index (χ0v) is 23.6. The van der Waals surface area contributed by atoms with E-state index in [4.69, 9.17) is 18.9 Å². The molecule has 1 aromatic heterocycles. The molecule has 1 fully saturated rings. The van der Waals surface area contributed by atoms with E-state index in [1.165, 1.54) is 0 Å². The maximum atomic E-state index is 13.2. The highest BCUT2D eigenvalue weighted by Crippen LogP contribution is 2.31. The number of likely N-dealkylation sites (tertiary alicyclic amines) is 1. The number of nitrogens with one attached hydrogen (secondary N) is 1. The Morgan fingerprint density at radius 2 is 1.67 bits per heavy atom. The van der Waals surface area contributed by atoms with Crippen LogP contribution in [0.15, 0.2) is 64.8 Å². The minimum atomic E-state index is -1.64. The van der Waals surface area contributed by atoms with Crippen molar-refractivity contribution >= 4 is 23.0 Å². The predicted octanol–water partition coefficient (Wildman–Crippen LogP) is 5.26. The highest BCUT2D eigenvalue weighted by Gasteiger charge is 2.32. The van der Waals surface area contributed by atoms with Crippen molar-refractivity contribution in [3.05, 3.63) is 54.7 Å². The van der Waals surface area contributed by atoms with Gasteiger partial charge in [0.2, 0.25) is 5.88 Å². The third-order valence-corrected chi connectivity index (χ3v) is 7.21. The van der Waals surface area contributed by atoms with Gasteiger partial charge in [-0.25, -0.2) is 4.79 Å². The second kappa shape index (κ2) is 12.4. The van der Waals surface area contributed by atoms with E-state index in [9.17, 15) is 9.35 Å². The Labute approximate surface area is 231 Å². The first-order valence-corrected chi connectivity index (χ1v) is 13.8. The van der Waals surface area contributed by atoms with E-state index in [1.54, 1.807) is 73.8 Å². The first kappa shape index (κ1) is 28.3. The maximum absolute atomic E-state index is 13.2. The van der Waals surface area contributed by atoms with Crippen molar-refractivity contribution in [2.75, 3.05) is 32.6 Å². The summed E-state index contributed by atoms with van der Waals surface area (Å²) in [6.07, 6.45) is 2.94. The molecule has 208 valence electrons.